The van der Waals surface area contributed by atoms with Crippen LogP contribution < -0.4 is 10.6 Å². The summed E-state index contributed by atoms with van der Waals surface area (Å²) in [6.45, 7) is 16.6. The van der Waals surface area contributed by atoms with Crippen molar-refractivity contribution in [3.05, 3.63) is 25.3 Å². The molecule has 4 unspecified atom stereocenters. The Morgan fingerprint density at radius 2 is 0.425 bits per heavy atom. The molecule has 0 bridgehead atoms. The molecule has 0 rings (SSSR count). The largest absolute Gasteiger partial charge is 0.465 e. The number of esters is 6. The highest BCUT2D eigenvalue weighted by atomic mass is 16.6. The Bertz CT molecular complexity index is 1960. The van der Waals surface area contributed by atoms with Gasteiger partial charge in [-0.3, -0.25) is 28.8 Å². The highest BCUT2D eigenvalue weighted by molar-refractivity contribution is 5.81. The maximum Gasteiger partial charge on any atom is 0.330 e. The number of hydrogen-bond donors (Lipinski definition) is 2. The number of ether oxygens (including phenoxy) is 6. The van der Waals surface area contributed by atoms with E-state index in [1.54, 1.807) is 0 Å². The highest BCUT2D eigenvalue weighted by Crippen LogP contribution is 2.36. The predicted molar refractivity (Wildman–Crippen MR) is 435 cm³/mol. The second kappa shape index (κ2) is 79.8. The van der Waals surface area contributed by atoms with Crippen molar-refractivity contribution in [3.8, 4) is 0 Å². The zero-order valence-corrected chi connectivity index (χ0v) is 69.1. The van der Waals surface area contributed by atoms with Crippen LogP contribution in [0.3, 0.4) is 0 Å². The van der Waals surface area contributed by atoms with E-state index in [0.29, 0.717) is 38.8 Å². The lowest BCUT2D eigenvalue weighted by atomic mass is 9.78. The molecule has 0 saturated heterocycles. The summed E-state index contributed by atoms with van der Waals surface area (Å²) in [5, 5.41) is 6.10. The van der Waals surface area contributed by atoms with Crippen LogP contribution in [-0.4, -0.2) is 100 Å². The molecule has 0 aromatic rings. The van der Waals surface area contributed by atoms with Crippen molar-refractivity contribution in [1.82, 2.24) is 10.6 Å². The molecule has 0 spiro atoms. The van der Waals surface area contributed by atoms with Crippen LogP contribution in [-0.2, 0) is 66.8 Å². The Hall–Kier alpha value is -4.76. The Labute approximate surface area is 649 Å². The molecule has 0 fully saturated rings. The van der Waals surface area contributed by atoms with Gasteiger partial charge in [0.15, 0.2) is 0 Å². The number of carbonyl (C=O) groups excluding carboxylic acids is 8. The zero-order valence-electron chi connectivity index (χ0n) is 69.1. The summed E-state index contributed by atoms with van der Waals surface area (Å²) in [7, 11) is 0. The first-order chi connectivity index (χ1) is 51.8. The molecule has 0 aromatic heterocycles. The van der Waals surface area contributed by atoms with E-state index in [9.17, 15) is 38.4 Å². The van der Waals surface area contributed by atoms with E-state index < -0.39 is 23.9 Å². The van der Waals surface area contributed by atoms with Gasteiger partial charge in [0.25, 0.3) is 0 Å². The molecular weight excluding hydrogens is 1330 g/mol. The summed E-state index contributed by atoms with van der Waals surface area (Å²) in [6, 6.07) is 0. The van der Waals surface area contributed by atoms with Crippen LogP contribution in [0.25, 0.3) is 0 Å². The third-order valence-electron chi connectivity index (χ3n) is 21.3. The minimum Gasteiger partial charge on any atom is -0.465 e. The molecule has 16 nitrogen and oxygen atoms in total. The summed E-state index contributed by atoms with van der Waals surface area (Å²) in [6.07, 6.45) is 74.1. The van der Waals surface area contributed by atoms with Gasteiger partial charge >= 0.3 is 35.8 Å². The van der Waals surface area contributed by atoms with Crippen molar-refractivity contribution in [2.45, 2.75) is 426 Å². The second-order valence-corrected chi connectivity index (χ2v) is 30.7. The van der Waals surface area contributed by atoms with Gasteiger partial charge in [0, 0.05) is 50.9 Å². The number of carbonyl (C=O) groups is 8. The van der Waals surface area contributed by atoms with Gasteiger partial charge in [-0.2, -0.15) is 0 Å². The van der Waals surface area contributed by atoms with Crippen molar-refractivity contribution in [3.63, 3.8) is 0 Å². The normalized spacial score (nSPS) is 12.4. The van der Waals surface area contributed by atoms with Gasteiger partial charge in [-0.1, -0.05) is 375 Å². The van der Waals surface area contributed by atoms with Gasteiger partial charge in [-0.25, -0.2) is 9.59 Å². The molecule has 0 aliphatic rings. The van der Waals surface area contributed by atoms with E-state index in [1.807, 2.05) is 0 Å². The predicted octanol–water partition coefficient (Wildman–Crippen LogP) is 23.6. The van der Waals surface area contributed by atoms with Crippen LogP contribution in [0.5, 0.6) is 0 Å². The van der Waals surface area contributed by atoms with Gasteiger partial charge in [0.1, 0.15) is 39.6 Å². The number of unbranched alkanes of at least 4 members (excludes halogenated alkanes) is 40. The smallest absolute Gasteiger partial charge is 0.330 e. The topological polar surface area (TPSA) is 216 Å². The molecule has 16 heteroatoms. The summed E-state index contributed by atoms with van der Waals surface area (Å²) < 4.78 is 30.1. The Morgan fingerprint density at radius 3 is 0.660 bits per heavy atom. The summed E-state index contributed by atoms with van der Waals surface area (Å²) in [4.78, 5) is 96.1. The molecule has 2 N–H and O–H groups in total. The Morgan fingerprint density at radius 1 is 0.236 bits per heavy atom. The number of amides is 2. The fourth-order valence-electron chi connectivity index (χ4n) is 14.9. The van der Waals surface area contributed by atoms with Crippen molar-refractivity contribution >= 4 is 47.6 Å². The first-order valence-corrected chi connectivity index (χ1v) is 44.6. The van der Waals surface area contributed by atoms with Gasteiger partial charge in [-0.05, 0) is 49.4 Å². The van der Waals surface area contributed by atoms with E-state index in [0.717, 1.165) is 100 Å². The Kier molecular flexibility index (Phi) is 76.2. The van der Waals surface area contributed by atoms with Crippen molar-refractivity contribution in [1.29, 1.82) is 0 Å². The van der Waals surface area contributed by atoms with Crippen LogP contribution in [0, 0.1) is 23.7 Å². The maximum absolute atomic E-state index is 12.8. The lowest BCUT2D eigenvalue weighted by Crippen LogP contribution is -2.34. The molecule has 0 aliphatic heterocycles. The van der Waals surface area contributed by atoms with Gasteiger partial charge < -0.3 is 39.1 Å². The van der Waals surface area contributed by atoms with E-state index in [4.69, 9.17) is 28.4 Å². The fraction of sp³-hybridized carbons (Fsp3) is 0.867. The highest BCUT2D eigenvalue weighted by Gasteiger charge is 2.23. The minimum atomic E-state index is -0.572. The first-order valence-electron chi connectivity index (χ1n) is 44.6. The second-order valence-electron chi connectivity index (χ2n) is 30.7. The summed E-state index contributed by atoms with van der Waals surface area (Å²) in [5.74, 6) is 0.685. The fourth-order valence-corrected chi connectivity index (χ4v) is 14.9. The molecule has 106 heavy (non-hydrogen) atoms. The number of hydrogen-bond acceptors (Lipinski definition) is 14. The van der Waals surface area contributed by atoms with E-state index in [1.165, 1.54) is 295 Å². The van der Waals surface area contributed by atoms with Crippen molar-refractivity contribution in [2.24, 2.45) is 23.7 Å². The third kappa shape index (κ3) is 70.9. The molecule has 0 radical (unpaired) electrons. The standard InChI is InChI=1S/C90H164N2O14/c1-7-13-17-21-33-45-57-79(81(59-47-35-23-19-15-9-3)63-51-39-27-31-43-55-67-87(97)101-73-69-89(99)105-77-75-103-85(95)11-5)61-49-37-25-29-41-53-65-83(93)91-71-72-92-84(94)66-54-42-30-26-38-50-62-80(58-46-34-22-18-14-8-2)82(60-48-36-24-20-16-10-4)64-52-40-28-32-44-56-68-88(98)102-74-70-90(100)106-78-76-104-86(96)12-6/h11-12,79-82H,5-10,13-78H2,1-4H3,(H,91,93)(H,92,94). The zero-order chi connectivity index (χ0) is 77.5. The lowest BCUT2D eigenvalue weighted by Gasteiger charge is -2.28. The third-order valence-corrected chi connectivity index (χ3v) is 21.3. The molecule has 0 aromatic carbocycles. The average molecular weight is 1500 g/mol. The van der Waals surface area contributed by atoms with Crippen LogP contribution in [0.4, 0.5) is 0 Å². The number of rotatable bonds is 83. The van der Waals surface area contributed by atoms with E-state index in [2.05, 4.69) is 51.5 Å². The van der Waals surface area contributed by atoms with Gasteiger partial charge in [0.05, 0.1) is 12.8 Å². The molecule has 4 atom stereocenters. The molecular formula is C90H164N2O14. The van der Waals surface area contributed by atoms with Crippen molar-refractivity contribution in [2.75, 3.05) is 52.7 Å². The first kappa shape index (κ1) is 101. The quantitative estimate of drug-likeness (QED) is 0.0251. The molecule has 0 saturated carbocycles. The monoisotopic (exact) mass is 1500 g/mol. The van der Waals surface area contributed by atoms with Gasteiger partial charge in [0.2, 0.25) is 11.8 Å². The van der Waals surface area contributed by atoms with Crippen LogP contribution in [0.1, 0.15) is 426 Å². The van der Waals surface area contributed by atoms with Crippen LogP contribution >= 0.6 is 0 Å². The maximum atomic E-state index is 12.8. The summed E-state index contributed by atoms with van der Waals surface area (Å²) in [5.41, 5.74) is 0. The van der Waals surface area contributed by atoms with E-state index >= 15 is 0 Å². The molecule has 0 aliphatic carbocycles. The SMILES string of the molecule is C=CC(=O)OCCOC(=O)CCOC(=O)CCCCCCCCC(CCCCCCCC)C(CCCCCCCC)CCCCCCCCC(=O)NCCNC(=O)CCCCCCCCC(CCCCCCCC)C(CCCCCCCC)CCCCCCCCC(=O)OCCC(=O)OCCOC(=O)C=C. The van der Waals surface area contributed by atoms with Gasteiger partial charge in [-0.15, -0.1) is 0 Å². The lowest BCUT2D eigenvalue weighted by molar-refractivity contribution is -0.153. The number of nitrogens with one attached hydrogen (secondary N) is 2. The Balaban J connectivity index is 4.81. The molecule has 2 amide bonds. The van der Waals surface area contributed by atoms with Crippen LogP contribution in [0.2, 0.25) is 0 Å². The molecule has 0 heterocycles. The van der Waals surface area contributed by atoms with Crippen molar-refractivity contribution < 1.29 is 66.8 Å². The minimum absolute atomic E-state index is 0.0134. The molecule has 618 valence electrons. The average Bonchev–Trinajstić information content (AvgIpc) is 0.950. The summed E-state index contributed by atoms with van der Waals surface area (Å²) >= 11 is 0. The van der Waals surface area contributed by atoms with E-state index in [-0.39, 0.29) is 76.2 Å². The van der Waals surface area contributed by atoms with Crippen LogP contribution in [0.15, 0.2) is 25.3 Å².